The zero-order valence-corrected chi connectivity index (χ0v) is 8.70. The Morgan fingerprint density at radius 2 is 1.67 bits per heavy atom. The van der Waals surface area contributed by atoms with Crippen molar-refractivity contribution >= 4 is 5.97 Å². The molecule has 0 aliphatic rings. The van der Waals surface area contributed by atoms with Gasteiger partial charge in [0.25, 0.3) is 0 Å². The van der Waals surface area contributed by atoms with Crippen LogP contribution in [0.15, 0.2) is 12.1 Å². The van der Waals surface area contributed by atoms with Crippen LogP contribution in [-0.2, 0) is 0 Å². The molecule has 1 aromatic rings. The number of methoxy groups -OCH3 is 3. The van der Waals surface area contributed by atoms with Crippen LogP contribution in [-0.4, -0.2) is 27.3 Å². The van der Waals surface area contributed by atoms with Crippen LogP contribution in [0.5, 0.6) is 17.2 Å². The van der Waals surface area contributed by atoms with Crippen LogP contribution < -0.4 is 19.3 Å². The van der Waals surface area contributed by atoms with Gasteiger partial charge in [-0.15, -0.1) is 0 Å². The van der Waals surface area contributed by atoms with E-state index in [-0.39, 0.29) is 17.1 Å². The van der Waals surface area contributed by atoms with E-state index in [0.29, 0.717) is 5.75 Å². The molecule has 1 rings (SSSR count). The molecule has 0 N–H and O–H groups in total. The summed E-state index contributed by atoms with van der Waals surface area (Å²) in [4.78, 5) is 10.8. The molecule has 0 unspecified atom stereocenters. The standard InChI is InChI=1S/C10H12O5/c1-13-7-5-4-6(10(11)12)8(14-2)9(7)15-3/h4-5H,1-3H3,(H,11,12)/p-1. The van der Waals surface area contributed by atoms with E-state index in [0.717, 1.165) is 0 Å². The normalized spacial score (nSPS) is 9.53. The van der Waals surface area contributed by atoms with Crippen LogP contribution in [0.3, 0.4) is 0 Å². The summed E-state index contributed by atoms with van der Waals surface area (Å²) in [5, 5.41) is 10.8. The summed E-state index contributed by atoms with van der Waals surface area (Å²) >= 11 is 0. The number of carboxylic acids is 1. The summed E-state index contributed by atoms with van der Waals surface area (Å²) in [5.74, 6) is -0.592. The highest BCUT2D eigenvalue weighted by Crippen LogP contribution is 2.39. The quantitative estimate of drug-likeness (QED) is 0.705. The fraction of sp³-hybridized carbons (Fsp3) is 0.300. The lowest BCUT2D eigenvalue weighted by Gasteiger charge is -2.15. The summed E-state index contributed by atoms with van der Waals surface area (Å²) in [5.41, 5.74) is -0.0739. The predicted octanol–water partition coefficient (Wildman–Crippen LogP) is 0.0759. The van der Waals surface area contributed by atoms with Crippen LogP contribution in [0, 0.1) is 0 Å². The van der Waals surface area contributed by atoms with Gasteiger partial charge in [0.05, 0.1) is 27.3 Å². The van der Waals surface area contributed by atoms with E-state index >= 15 is 0 Å². The van der Waals surface area contributed by atoms with Crippen molar-refractivity contribution in [3.8, 4) is 17.2 Å². The zero-order chi connectivity index (χ0) is 11.4. The monoisotopic (exact) mass is 211 g/mol. The van der Waals surface area contributed by atoms with Crippen LogP contribution in [0.25, 0.3) is 0 Å². The molecular formula is C10H11O5-. The highest BCUT2D eigenvalue weighted by atomic mass is 16.5. The first kappa shape index (κ1) is 11.2. The number of hydrogen-bond donors (Lipinski definition) is 0. The number of aromatic carboxylic acids is 1. The van der Waals surface area contributed by atoms with Gasteiger partial charge in [0.2, 0.25) is 5.75 Å². The summed E-state index contributed by atoms with van der Waals surface area (Å²) in [6, 6.07) is 2.82. The first-order valence-electron chi connectivity index (χ1n) is 4.16. The number of carbonyl (C=O) groups is 1. The summed E-state index contributed by atoms with van der Waals surface area (Å²) < 4.78 is 14.9. The lowest BCUT2D eigenvalue weighted by atomic mass is 10.1. The Bertz CT molecular complexity index is 372. The third kappa shape index (κ3) is 1.96. The van der Waals surface area contributed by atoms with Crippen molar-refractivity contribution in [2.45, 2.75) is 0 Å². The van der Waals surface area contributed by atoms with Gasteiger partial charge in [-0.25, -0.2) is 0 Å². The van der Waals surface area contributed by atoms with Crippen molar-refractivity contribution < 1.29 is 24.1 Å². The fourth-order valence-electron chi connectivity index (χ4n) is 1.26. The minimum Gasteiger partial charge on any atom is -0.545 e. The van der Waals surface area contributed by atoms with Crippen LogP contribution in [0.2, 0.25) is 0 Å². The second-order valence-corrected chi connectivity index (χ2v) is 2.67. The van der Waals surface area contributed by atoms with Gasteiger partial charge in [0.1, 0.15) is 0 Å². The molecule has 0 spiro atoms. The maximum Gasteiger partial charge on any atom is 0.203 e. The smallest absolute Gasteiger partial charge is 0.203 e. The van der Waals surface area contributed by atoms with Gasteiger partial charge < -0.3 is 24.1 Å². The molecule has 0 aromatic heterocycles. The summed E-state index contributed by atoms with van der Waals surface area (Å²) in [6.07, 6.45) is 0. The van der Waals surface area contributed by atoms with E-state index in [9.17, 15) is 9.90 Å². The topological polar surface area (TPSA) is 67.8 Å². The van der Waals surface area contributed by atoms with Gasteiger partial charge in [0.15, 0.2) is 11.5 Å². The minimum atomic E-state index is -1.33. The van der Waals surface area contributed by atoms with Crippen molar-refractivity contribution in [1.82, 2.24) is 0 Å². The Labute approximate surface area is 87.2 Å². The minimum absolute atomic E-state index is 0.0739. The molecule has 82 valence electrons. The molecule has 0 saturated carbocycles. The largest absolute Gasteiger partial charge is 0.545 e. The Morgan fingerprint density at radius 1 is 1.07 bits per heavy atom. The first-order valence-corrected chi connectivity index (χ1v) is 4.16. The van der Waals surface area contributed by atoms with Crippen molar-refractivity contribution in [2.75, 3.05) is 21.3 Å². The molecule has 0 amide bonds. The van der Waals surface area contributed by atoms with Gasteiger partial charge in [-0.3, -0.25) is 0 Å². The van der Waals surface area contributed by atoms with E-state index in [4.69, 9.17) is 14.2 Å². The third-order valence-electron chi connectivity index (χ3n) is 1.92. The molecule has 0 atom stereocenters. The molecule has 0 saturated heterocycles. The molecular weight excluding hydrogens is 200 g/mol. The average molecular weight is 211 g/mol. The van der Waals surface area contributed by atoms with E-state index in [1.54, 1.807) is 0 Å². The molecule has 0 bridgehead atoms. The second-order valence-electron chi connectivity index (χ2n) is 2.67. The SMILES string of the molecule is COc1ccc(C(=O)[O-])c(OC)c1OC. The van der Waals surface area contributed by atoms with Gasteiger partial charge in [-0.2, -0.15) is 0 Å². The molecule has 0 fully saturated rings. The maximum absolute atomic E-state index is 10.8. The number of carboxylic acid groups (broad SMARTS) is 1. The highest BCUT2D eigenvalue weighted by Gasteiger charge is 2.15. The van der Waals surface area contributed by atoms with E-state index in [1.807, 2.05) is 0 Å². The average Bonchev–Trinajstić information content (AvgIpc) is 2.26. The van der Waals surface area contributed by atoms with Crippen LogP contribution in [0.4, 0.5) is 0 Å². The molecule has 1 aromatic carbocycles. The first-order chi connectivity index (χ1) is 7.15. The molecule has 0 radical (unpaired) electrons. The maximum atomic E-state index is 10.8. The number of ether oxygens (including phenoxy) is 3. The van der Waals surface area contributed by atoms with Gasteiger partial charge in [-0.1, -0.05) is 0 Å². The number of hydrogen-bond acceptors (Lipinski definition) is 5. The third-order valence-corrected chi connectivity index (χ3v) is 1.92. The lowest BCUT2D eigenvalue weighted by molar-refractivity contribution is -0.255. The second kappa shape index (κ2) is 4.54. The van der Waals surface area contributed by atoms with Gasteiger partial charge >= 0.3 is 0 Å². The summed E-state index contributed by atoms with van der Waals surface area (Å²) in [6.45, 7) is 0. The number of rotatable bonds is 4. The van der Waals surface area contributed by atoms with Gasteiger partial charge in [-0.05, 0) is 12.1 Å². The number of carbonyl (C=O) groups excluding carboxylic acids is 1. The van der Waals surface area contributed by atoms with E-state index in [1.165, 1.54) is 33.5 Å². The highest BCUT2D eigenvalue weighted by molar-refractivity contribution is 5.91. The molecule has 5 nitrogen and oxygen atoms in total. The van der Waals surface area contributed by atoms with E-state index < -0.39 is 5.97 Å². The Kier molecular flexibility index (Phi) is 3.38. The Balaban J connectivity index is 3.40. The molecule has 0 aliphatic carbocycles. The van der Waals surface area contributed by atoms with Crippen molar-refractivity contribution in [3.05, 3.63) is 17.7 Å². The Hall–Kier alpha value is -1.91. The predicted molar refractivity (Wildman–Crippen MR) is 50.4 cm³/mol. The van der Waals surface area contributed by atoms with Crippen molar-refractivity contribution in [3.63, 3.8) is 0 Å². The zero-order valence-electron chi connectivity index (χ0n) is 8.70. The summed E-state index contributed by atoms with van der Waals surface area (Å²) in [7, 11) is 4.21. The fourth-order valence-corrected chi connectivity index (χ4v) is 1.26. The molecule has 5 heteroatoms. The van der Waals surface area contributed by atoms with E-state index in [2.05, 4.69) is 0 Å². The molecule has 0 heterocycles. The Morgan fingerprint density at radius 3 is 2.07 bits per heavy atom. The van der Waals surface area contributed by atoms with Crippen LogP contribution >= 0.6 is 0 Å². The number of benzene rings is 1. The van der Waals surface area contributed by atoms with Crippen molar-refractivity contribution in [2.24, 2.45) is 0 Å². The van der Waals surface area contributed by atoms with Crippen molar-refractivity contribution in [1.29, 1.82) is 0 Å². The van der Waals surface area contributed by atoms with Crippen LogP contribution in [0.1, 0.15) is 10.4 Å². The molecule has 0 aliphatic heterocycles. The van der Waals surface area contributed by atoms with Gasteiger partial charge in [0, 0.05) is 5.56 Å². The lowest BCUT2D eigenvalue weighted by Crippen LogP contribution is -2.23. The molecule has 15 heavy (non-hydrogen) atoms.